The number of halogens is 3. The zero-order valence-electron chi connectivity index (χ0n) is 15.5. The van der Waals surface area contributed by atoms with Crippen LogP contribution in [0.3, 0.4) is 0 Å². The smallest absolute Gasteiger partial charge is 0.287 e. The summed E-state index contributed by atoms with van der Waals surface area (Å²) in [7, 11) is 0. The Morgan fingerprint density at radius 2 is 1.93 bits per heavy atom. The van der Waals surface area contributed by atoms with Gasteiger partial charge in [0.15, 0.2) is 5.16 Å². The molecule has 0 bridgehead atoms. The molecule has 9 heteroatoms. The number of imidazole rings is 1. The van der Waals surface area contributed by atoms with Crippen LogP contribution < -0.4 is 5.56 Å². The van der Waals surface area contributed by atoms with Crippen LogP contribution in [0.5, 0.6) is 0 Å². The number of para-hydroxylation sites is 2. The highest BCUT2D eigenvalue weighted by atomic mass is 79.9. The van der Waals surface area contributed by atoms with Crippen molar-refractivity contribution < 1.29 is 8.78 Å². The molecule has 4 rings (SSSR count). The minimum atomic E-state index is -2.70. The van der Waals surface area contributed by atoms with Crippen LogP contribution in [0.15, 0.2) is 56.9 Å². The summed E-state index contributed by atoms with van der Waals surface area (Å²) < 4.78 is 30.7. The van der Waals surface area contributed by atoms with Crippen molar-refractivity contribution in [2.45, 2.75) is 37.3 Å². The number of benzene rings is 2. The molecule has 2 aromatic carbocycles. The average Bonchev–Trinajstić information content (AvgIpc) is 3.08. The molecule has 0 aliphatic rings. The van der Waals surface area contributed by atoms with Gasteiger partial charge in [-0.1, -0.05) is 46.7 Å². The molecule has 0 unspecified atom stereocenters. The highest BCUT2D eigenvalue weighted by Gasteiger charge is 2.19. The van der Waals surface area contributed by atoms with Crippen LogP contribution in [0.25, 0.3) is 21.9 Å². The zero-order chi connectivity index (χ0) is 20.5. The van der Waals surface area contributed by atoms with Crippen LogP contribution in [-0.4, -0.2) is 19.1 Å². The van der Waals surface area contributed by atoms with E-state index >= 15 is 0 Å². The topological polar surface area (TPSA) is 52.7 Å². The Labute approximate surface area is 177 Å². The van der Waals surface area contributed by atoms with Crippen molar-refractivity contribution in [2.75, 3.05) is 0 Å². The second-order valence-corrected chi connectivity index (χ2v) is 8.32. The van der Waals surface area contributed by atoms with Crippen LogP contribution in [0, 0.1) is 0 Å². The van der Waals surface area contributed by atoms with E-state index in [1.807, 2.05) is 13.0 Å². The summed E-state index contributed by atoms with van der Waals surface area (Å²) in [5, 5.41) is 1.02. The summed E-state index contributed by atoms with van der Waals surface area (Å²) in [6.07, 6.45) is 0.754. The maximum absolute atomic E-state index is 13.7. The second kappa shape index (κ2) is 8.23. The normalized spacial score (nSPS) is 11.8. The van der Waals surface area contributed by atoms with Gasteiger partial charge in [-0.2, -0.15) is 8.78 Å². The van der Waals surface area contributed by atoms with E-state index in [0.29, 0.717) is 33.6 Å². The van der Waals surface area contributed by atoms with E-state index in [4.69, 9.17) is 0 Å². The van der Waals surface area contributed by atoms with E-state index < -0.39 is 6.55 Å². The minimum absolute atomic E-state index is 0.136. The molecule has 0 aliphatic carbocycles. The summed E-state index contributed by atoms with van der Waals surface area (Å²) in [6.45, 7) is -0.220. The number of rotatable bonds is 6. The molecule has 0 atom stereocenters. The molecular weight excluding hydrogens is 462 g/mol. The Morgan fingerprint density at radius 1 is 1.14 bits per heavy atom. The molecular formula is C20H17BrF2N4OS. The maximum atomic E-state index is 13.7. The van der Waals surface area contributed by atoms with Gasteiger partial charge in [-0.3, -0.25) is 13.9 Å². The molecule has 2 aromatic heterocycles. The van der Waals surface area contributed by atoms with Gasteiger partial charge in [0.05, 0.1) is 27.7 Å². The first-order chi connectivity index (χ1) is 14.0. The van der Waals surface area contributed by atoms with Gasteiger partial charge in [0.1, 0.15) is 5.82 Å². The van der Waals surface area contributed by atoms with E-state index in [1.165, 1.54) is 11.8 Å². The third kappa shape index (κ3) is 3.81. The van der Waals surface area contributed by atoms with Gasteiger partial charge in [0, 0.05) is 11.0 Å². The van der Waals surface area contributed by atoms with Crippen molar-refractivity contribution in [1.29, 1.82) is 0 Å². The number of fused-ring (bicyclic) bond motifs is 2. The van der Waals surface area contributed by atoms with E-state index in [9.17, 15) is 13.6 Å². The van der Waals surface area contributed by atoms with Gasteiger partial charge in [-0.15, -0.1) is 0 Å². The molecule has 150 valence electrons. The Balaban J connectivity index is 1.76. The Bertz CT molecular complexity index is 1250. The molecule has 0 aliphatic heterocycles. The largest absolute Gasteiger partial charge is 0.320 e. The predicted octanol–water partition coefficient (Wildman–Crippen LogP) is 5.61. The van der Waals surface area contributed by atoms with Crippen LogP contribution >= 0.6 is 27.7 Å². The van der Waals surface area contributed by atoms with E-state index in [-0.39, 0.29) is 17.1 Å². The van der Waals surface area contributed by atoms with Crippen molar-refractivity contribution in [2.24, 2.45) is 0 Å². The molecule has 5 nitrogen and oxygen atoms in total. The van der Waals surface area contributed by atoms with Gasteiger partial charge < -0.3 is 0 Å². The molecule has 4 aromatic rings. The van der Waals surface area contributed by atoms with Crippen LogP contribution in [0.1, 0.15) is 25.7 Å². The quantitative estimate of drug-likeness (QED) is 0.267. The monoisotopic (exact) mass is 478 g/mol. The summed E-state index contributed by atoms with van der Waals surface area (Å²) in [5.41, 5.74) is 1.35. The average molecular weight is 479 g/mol. The Kier molecular flexibility index (Phi) is 5.69. The number of hydrogen-bond acceptors (Lipinski definition) is 4. The molecule has 0 saturated carbocycles. The highest BCUT2D eigenvalue weighted by Crippen LogP contribution is 2.28. The molecule has 0 fully saturated rings. The molecule has 2 heterocycles. The van der Waals surface area contributed by atoms with Crippen LogP contribution in [0.4, 0.5) is 8.78 Å². The first kappa shape index (κ1) is 20.0. The summed E-state index contributed by atoms with van der Waals surface area (Å²) in [4.78, 5) is 21.9. The summed E-state index contributed by atoms with van der Waals surface area (Å²) in [5.74, 6) is 0.427. The second-order valence-electron chi connectivity index (χ2n) is 6.47. The Hall–Kier alpha value is -2.26. The van der Waals surface area contributed by atoms with Gasteiger partial charge in [0.2, 0.25) is 0 Å². The fourth-order valence-electron chi connectivity index (χ4n) is 3.25. The fraction of sp³-hybridized carbons (Fsp3) is 0.250. The lowest BCUT2D eigenvalue weighted by Gasteiger charge is -2.13. The van der Waals surface area contributed by atoms with E-state index in [1.54, 1.807) is 41.0 Å². The van der Waals surface area contributed by atoms with Crippen molar-refractivity contribution in [3.8, 4) is 0 Å². The molecule has 0 amide bonds. The first-order valence-corrected chi connectivity index (χ1v) is 10.8. The fourth-order valence-corrected chi connectivity index (χ4v) is 4.56. The maximum Gasteiger partial charge on any atom is 0.320 e. The number of hydrogen-bond donors (Lipinski definition) is 0. The van der Waals surface area contributed by atoms with Crippen LogP contribution in [-0.2, 0) is 12.3 Å². The van der Waals surface area contributed by atoms with Gasteiger partial charge in [0.25, 0.3) is 5.56 Å². The van der Waals surface area contributed by atoms with Crippen LogP contribution in [0.2, 0.25) is 0 Å². The lowest BCUT2D eigenvalue weighted by molar-refractivity contribution is 0.0722. The molecule has 0 saturated heterocycles. The standard InChI is InChI=1S/C20H17BrF2N4OS/c1-2-9-26-18(28)13-10-12(21)7-8-14(13)25-20(26)29-11-17-24-15-5-3-4-6-16(15)27(17)19(22)23/h3-8,10,19H,2,9,11H2,1H3. The minimum Gasteiger partial charge on any atom is -0.287 e. The van der Waals surface area contributed by atoms with Crippen molar-refractivity contribution in [1.82, 2.24) is 19.1 Å². The van der Waals surface area contributed by atoms with Gasteiger partial charge in [-0.05, 0) is 36.8 Å². The van der Waals surface area contributed by atoms with Crippen molar-refractivity contribution >= 4 is 49.6 Å². The lowest BCUT2D eigenvalue weighted by atomic mass is 10.2. The highest BCUT2D eigenvalue weighted by molar-refractivity contribution is 9.10. The predicted molar refractivity (Wildman–Crippen MR) is 115 cm³/mol. The van der Waals surface area contributed by atoms with E-state index in [0.717, 1.165) is 15.5 Å². The number of alkyl halides is 2. The lowest BCUT2D eigenvalue weighted by Crippen LogP contribution is -2.23. The number of aromatic nitrogens is 4. The van der Waals surface area contributed by atoms with Gasteiger partial charge >= 0.3 is 6.55 Å². The van der Waals surface area contributed by atoms with Crippen molar-refractivity contribution in [3.05, 3.63) is 63.1 Å². The molecule has 0 radical (unpaired) electrons. The Morgan fingerprint density at radius 3 is 2.69 bits per heavy atom. The molecule has 0 spiro atoms. The molecule has 0 N–H and O–H groups in total. The third-order valence-corrected chi connectivity index (χ3v) is 5.99. The van der Waals surface area contributed by atoms with Gasteiger partial charge in [-0.25, -0.2) is 9.97 Å². The SMILES string of the molecule is CCCn1c(SCc2nc3ccccc3n2C(F)F)nc2ccc(Br)cc2c1=O. The number of nitrogens with zero attached hydrogens (tertiary/aromatic N) is 4. The van der Waals surface area contributed by atoms with Crippen molar-refractivity contribution in [3.63, 3.8) is 0 Å². The summed E-state index contributed by atoms with van der Waals surface area (Å²) in [6, 6.07) is 12.2. The van der Waals surface area contributed by atoms with E-state index in [2.05, 4.69) is 25.9 Å². The number of thioether (sulfide) groups is 1. The molecule has 29 heavy (non-hydrogen) atoms. The third-order valence-electron chi connectivity index (χ3n) is 4.52. The zero-order valence-corrected chi connectivity index (χ0v) is 17.9. The first-order valence-electron chi connectivity index (χ1n) is 9.06. The summed E-state index contributed by atoms with van der Waals surface area (Å²) >= 11 is 4.63.